The standard InChI is InChI=1S/C16H25NO2/c1-17-16(15-5-3-4-11-19-15)14-8-6-13(7-9-14)10-12-18-2/h6-9,15-17H,3-5,10-12H2,1-2H3. The third kappa shape index (κ3) is 4.03. The fourth-order valence-electron chi connectivity index (χ4n) is 2.71. The van der Waals surface area contributed by atoms with Gasteiger partial charge in [0.1, 0.15) is 0 Å². The molecule has 0 aromatic heterocycles. The number of likely N-dealkylation sites (N-methyl/N-ethyl adjacent to an activating group) is 1. The van der Waals surface area contributed by atoms with E-state index in [1.165, 1.54) is 24.0 Å². The van der Waals surface area contributed by atoms with Crippen LogP contribution in [0.2, 0.25) is 0 Å². The quantitative estimate of drug-likeness (QED) is 0.856. The Morgan fingerprint density at radius 2 is 2.11 bits per heavy atom. The molecular formula is C16H25NO2. The SMILES string of the molecule is CNC(c1ccc(CCOC)cc1)C1CCCCO1. The topological polar surface area (TPSA) is 30.5 Å². The normalized spacial score (nSPS) is 21.3. The van der Waals surface area contributed by atoms with Crippen molar-refractivity contribution < 1.29 is 9.47 Å². The summed E-state index contributed by atoms with van der Waals surface area (Å²) in [6.45, 7) is 1.68. The van der Waals surface area contributed by atoms with Gasteiger partial charge in [0.2, 0.25) is 0 Å². The maximum atomic E-state index is 5.90. The van der Waals surface area contributed by atoms with Gasteiger partial charge >= 0.3 is 0 Å². The van der Waals surface area contributed by atoms with Crippen molar-refractivity contribution >= 4 is 0 Å². The number of ether oxygens (including phenoxy) is 2. The summed E-state index contributed by atoms with van der Waals surface area (Å²) in [7, 11) is 3.76. The summed E-state index contributed by atoms with van der Waals surface area (Å²) < 4.78 is 11.0. The fraction of sp³-hybridized carbons (Fsp3) is 0.625. The molecule has 1 aliphatic rings. The van der Waals surface area contributed by atoms with E-state index in [0.29, 0.717) is 12.1 Å². The third-order valence-corrected chi connectivity index (χ3v) is 3.83. The Kier molecular flexibility index (Phi) is 5.83. The third-order valence-electron chi connectivity index (χ3n) is 3.83. The van der Waals surface area contributed by atoms with Crippen molar-refractivity contribution in [3.63, 3.8) is 0 Å². The molecule has 0 bridgehead atoms. The van der Waals surface area contributed by atoms with Gasteiger partial charge in [-0.3, -0.25) is 0 Å². The first-order valence-electron chi connectivity index (χ1n) is 7.22. The molecule has 3 heteroatoms. The smallest absolute Gasteiger partial charge is 0.0769 e. The van der Waals surface area contributed by atoms with E-state index in [4.69, 9.17) is 9.47 Å². The summed E-state index contributed by atoms with van der Waals surface area (Å²) in [6, 6.07) is 9.12. The van der Waals surface area contributed by atoms with Crippen LogP contribution in [0.1, 0.15) is 36.4 Å². The second kappa shape index (κ2) is 7.63. The Labute approximate surface area is 116 Å². The lowest BCUT2D eigenvalue weighted by Crippen LogP contribution is -2.34. The molecule has 1 N–H and O–H groups in total. The number of benzene rings is 1. The molecule has 1 aromatic rings. The van der Waals surface area contributed by atoms with Crippen LogP contribution in [0.5, 0.6) is 0 Å². The molecule has 1 aliphatic heterocycles. The predicted molar refractivity (Wildman–Crippen MR) is 77.4 cm³/mol. The number of rotatable bonds is 6. The summed E-state index contributed by atoms with van der Waals surface area (Å²) in [5.41, 5.74) is 2.64. The zero-order chi connectivity index (χ0) is 13.5. The van der Waals surface area contributed by atoms with Gasteiger partial charge in [-0.25, -0.2) is 0 Å². The number of hydrogen-bond acceptors (Lipinski definition) is 3. The van der Waals surface area contributed by atoms with Crippen molar-refractivity contribution in [3.05, 3.63) is 35.4 Å². The van der Waals surface area contributed by atoms with E-state index >= 15 is 0 Å². The molecule has 2 unspecified atom stereocenters. The lowest BCUT2D eigenvalue weighted by Gasteiger charge is -2.30. The number of hydrogen-bond donors (Lipinski definition) is 1. The molecule has 106 valence electrons. The van der Waals surface area contributed by atoms with Gasteiger partial charge in [-0.2, -0.15) is 0 Å². The summed E-state index contributed by atoms with van der Waals surface area (Å²) in [5, 5.41) is 3.40. The predicted octanol–water partition coefficient (Wildman–Crippen LogP) is 2.71. The highest BCUT2D eigenvalue weighted by molar-refractivity contribution is 5.26. The number of nitrogens with one attached hydrogen (secondary N) is 1. The second-order valence-corrected chi connectivity index (χ2v) is 5.16. The lowest BCUT2D eigenvalue weighted by molar-refractivity contribution is -0.00662. The number of methoxy groups -OCH3 is 1. The summed E-state index contributed by atoms with van der Waals surface area (Å²) in [4.78, 5) is 0. The Morgan fingerprint density at radius 1 is 1.32 bits per heavy atom. The van der Waals surface area contributed by atoms with E-state index in [1.54, 1.807) is 7.11 Å². The van der Waals surface area contributed by atoms with Crippen molar-refractivity contribution in [2.45, 2.75) is 37.8 Å². The van der Waals surface area contributed by atoms with Crippen LogP contribution >= 0.6 is 0 Å². The maximum absolute atomic E-state index is 5.90. The van der Waals surface area contributed by atoms with E-state index in [9.17, 15) is 0 Å². The van der Waals surface area contributed by atoms with Gasteiger partial charge in [0.25, 0.3) is 0 Å². The molecule has 1 fully saturated rings. The van der Waals surface area contributed by atoms with Crippen molar-refractivity contribution in [3.8, 4) is 0 Å². The van der Waals surface area contributed by atoms with Gasteiger partial charge in [-0.15, -0.1) is 0 Å². The molecule has 0 radical (unpaired) electrons. The maximum Gasteiger partial charge on any atom is 0.0769 e. The van der Waals surface area contributed by atoms with Gasteiger partial charge in [-0.05, 0) is 43.9 Å². The highest BCUT2D eigenvalue weighted by atomic mass is 16.5. The van der Waals surface area contributed by atoms with Crippen LogP contribution in [0.25, 0.3) is 0 Å². The second-order valence-electron chi connectivity index (χ2n) is 5.16. The average molecular weight is 263 g/mol. The molecule has 2 atom stereocenters. The molecule has 1 saturated heterocycles. The first-order chi connectivity index (χ1) is 9.35. The van der Waals surface area contributed by atoms with E-state index < -0.39 is 0 Å². The zero-order valence-electron chi connectivity index (χ0n) is 12.0. The molecule has 3 nitrogen and oxygen atoms in total. The Hall–Kier alpha value is -0.900. The van der Waals surface area contributed by atoms with Gasteiger partial charge in [-0.1, -0.05) is 24.3 Å². The molecular weight excluding hydrogens is 238 g/mol. The van der Waals surface area contributed by atoms with Gasteiger partial charge in [0.15, 0.2) is 0 Å². The fourth-order valence-corrected chi connectivity index (χ4v) is 2.71. The molecule has 1 aromatic carbocycles. The van der Waals surface area contributed by atoms with Crippen LogP contribution in [-0.2, 0) is 15.9 Å². The van der Waals surface area contributed by atoms with Crippen LogP contribution < -0.4 is 5.32 Å². The first-order valence-corrected chi connectivity index (χ1v) is 7.22. The molecule has 1 heterocycles. The van der Waals surface area contributed by atoms with Gasteiger partial charge < -0.3 is 14.8 Å². The Bertz CT molecular complexity index is 358. The highest BCUT2D eigenvalue weighted by Crippen LogP contribution is 2.26. The largest absolute Gasteiger partial charge is 0.384 e. The minimum Gasteiger partial charge on any atom is -0.384 e. The summed E-state index contributed by atoms with van der Waals surface area (Å²) in [5.74, 6) is 0. The summed E-state index contributed by atoms with van der Waals surface area (Å²) >= 11 is 0. The average Bonchev–Trinajstić information content (AvgIpc) is 2.48. The van der Waals surface area contributed by atoms with Crippen LogP contribution in [0.3, 0.4) is 0 Å². The van der Waals surface area contributed by atoms with Crippen molar-refractivity contribution in [1.29, 1.82) is 0 Å². The van der Waals surface area contributed by atoms with Crippen LogP contribution in [0.4, 0.5) is 0 Å². The van der Waals surface area contributed by atoms with Crippen LogP contribution in [0.15, 0.2) is 24.3 Å². The highest BCUT2D eigenvalue weighted by Gasteiger charge is 2.24. The lowest BCUT2D eigenvalue weighted by atomic mass is 9.95. The molecule has 0 amide bonds. The van der Waals surface area contributed by atoms with Crippen molar-refractivity contribution in [2.24, 2.45) is 0 Å². The summed E-state index contributed by atoms with van der Waals surface area (Å²) in [6.07, 6.45) is 4.90. The van der Waals surface area contributed by atoms with E-state index in [2.05, 4.69) is 29.6 Å². The molecule has 0 saturated carbocycles. The van der Waals surface area contributed by atoms with Crippen molar-refractivity contribution in [1.82, 2.24) is 5.32 Å². The van der Waals surface area contributed by atoms with Crippen LogP contribution in [-0.4, -0.2) is 33.5 Å². The minimum atomic E-state index is 0.303. The Morgan fingerprint density at radius 3 is 2.68 bits per heavy atom. The zero-order valence-corrected chi connectivity index (χ0v) is 12.0. The molecule has 2 rings (SSSR count). The van der Waals surface area contributed by atoms with Gasteiger partial charge in [0.05, 0.1) is 18.8 Å². The van der Waals surface area contributed by atoms with E-state index in [0.717, 1.165) is 26.1 Å². The Balaban J connectivity index is 2.01. The van der Waals surface area contributed by atoms with E-state index in [-0.39, 0.29) is 0 Å². The van der Waals surface area contributed by atoms with Crippen molar-refractivity contribution in [2.75, 3.05) is 27.4 Å². The molecule has 19 heavy (non-hydrogen) atoms. The molecule has 0 aliphatic carbocycles. The first kappa shape index (κ1) is 14.5. The minimum absolute atomic E-state index is 0.303. The monoisotopic (exact) mass is 263 g/mol. The van der Waals surface area contributed by atoms with E-state index in [1.807, 2.05) is 7.05 Å². The molecule has 0 spiro atoms. The van der Waals surface area contributed by atoms with Crippen LogP contribution in [0, 0.1) is 0 Å². The van der Waals surface area contributed by atoms with Gasteiger partial charge in [0, 0.05) is 13.7 Å².